The van der Waals surface area contributed by atoms with Crippen molar-refractivity contribution in [2.75, 3.05) is 29.3 Å². The molecule has 0 spiro atoms. The molecule has 0 atom stereocenters. The number of hydrogen-bond donors (Lipinski definition) is 1. The van der Waals surface area contributed by atoms with Gasteiger partial charge in [0.15, 0.2) is 0 Å². The van der Waals surface area contributed by atoms with E-state index in [1.165, 1.54) is 0 Å². The fraction of sp³-hybridized carbons (Fsp3) is 0.217. The van der Waals surface area contributed by atoms with Crippen LogP contribution < -0.4 is 9.62 Å². The first-order chi connectivity index (χ1) is 14.9. The quantitative estimate of drug-likeness (QED) is 0.682. The molecule has 1 N–H and O–H groups in total. The second-order valence-corrected chi connectivity index (χ2v) is 9.60. The van der Waals surface area contributed by atoms with Gasteiger partial charge in [-0.1, -0.05) is 24.3 Å². The van der Waals surface area contributed by atoms with Crippen molar-refractivity contribution in [1.29, 1.82) is 0 Å². The zero-order valence-corrected chi connectivity index (χ0v) is 17.6. The number of carbonyl (C=O) groups is 2. The molecule has 0 aromatic heterocycles. The van der Waals surface area contributed by atoms with E-state index in [4.69, 9.17) is 0 Å². The summed E-state index contributed by atoms with van der Waals surface area (Å²) in [7, 11) is -3.79. The van der Waals surface area contributed by atoms with Crippen molar-refractivity contribution in [1.82, 2.24) is 4.90 Å². The highest BCUT2D eigenvalue weighted by atomic mass is 32.2. The molecule has 3 aromatic carbocycles. The normalized spacial score (nSPS) is 16.6. The lowest BCUT2D eigenvalue weighted by atomic mass is 10.1. The van der Waals surface area contributed by atoms with Crippen LogP contribution in [0.4, 0.5) is 11.4 Å². The lowest BCUT2D eigenvalue weighted by Gasteiger charge is -2.18. The summed E-state index contributed by atoms with van der Waals surface area (Å²) in [6, 6.07) is 17.1. The van der Waals surface area contributed by atoms with E-state index in [2.05, 4.69) is 5.32 Å². The van der Waals surface area contributed by atoms with Crippen LogP contribution in [0.25, 0.3) is 10.8 Å². The van der Waals surface area contributed by atoms with Crippen molar-refractivity contribution in [3.8, 4) is 0 Å². The first-order valence-corrected chi connectivity index (χ1v) is 11.6. The van der Waals surface area contributed by atoms with Crippen molar-refractivity contribution >= 4 is 44.0 Å². The van der Waals surface area contributed by atoms with Crippen LogP contribution in [-0.4, -0.2) is 44.8 Å². The van der Waals surface area contributed by atoms with Crippen LogP contribution >= 0.6 is 0 Å². The summed E-state index contributed by atoms with van der Waals surface area (Å²) in [5, 5.41) is 4.19. The van der Waals surface area contributed by atoms with Crippen molar-refractivity contribution in [3.05, 3.63) is 66.2 Å². The summed E-state index contributed by atoms with van der Waals surface area (Å²) < 4.78 is 27.1. The number of rotatable bonds is 4. The Labute approximate surface area is 180 Å². The van der Waals surface area contributed by atoms with E-state index < -0.39 is 15.9 Å². The zero-order chi connectivity index (χ0) is 21.6. The predicted molar refractivity (Wildman–Crippen MR) is 119 cm³/mol. The van der Waals surface area contributed by atoms with Gasteiger partial charge in [-0.15, -0.1) is 0 Å². The van der Waals surface area contributed by atoms with Gasteiger partial charge in [0, 0.05) is 29.7 Å². The SMILES string of the molecule is O=C(CN1c2cccc3cccc(c23)S1(=O)=O)Nc1ccc(C(=O)N2CCCC2)cc1. The molecule has 31 heavy (non-hydrogen) atoms. The second kappa shape index (κ2) is 7.39. The van der Waals surface area contributed by atoms with Crippen LogP contribution in [0.1, 0.15) is 23.2 Å². The van der Waals surface area contributed by atoms with Crippen LogP contribution in [0.3, 0.4) is 0 Å². The van der Waals surface area contributed by atoms with Gasteiger partial charge in [-0.2, -0.15) is 0 Å². The Hall–Kier alpha value is -3.39. The molecule has 8 heteroatoms. The van der Waals surface area contributed by atoms with Crippen LogP contribution in [0.2, 0.25) is 0 Å². The van der Waals surface area contributed by atoms with Crippen LogP contribution in [0, 0.1) is 0 Å². The Bertz CT molecular complexity index is 1290. The van der Waals surface area contributed by atoms with Gasteiger partial charge >= 0.3 is 0 Å². The Kier molecular flexibility index (Phi) is 4.66. The van der Waals surface area contributed by atoms with Crippen LogP contribution in [0.5, 0.6) is 0 Å². The average Bonchev–Trinajstić information content (AvgIpc) is 3.37. The maximum absolute atomic E-state index is 13.0. The monoisotopic (exact) mass is 435 g/mol. The topological polar surface area (TPSA) is 86.8 Å². The third kappa shape index (κ3) is 3.33. The highest BCUT2D eigenvalue weighted by Crippen LogP contribution is 2.41. The van der Waals surface area contributed by atoms with Gasteiger partial charge in [0.25, 0.3) is 15.9 Å². The van der Waals surface area contributed by atoms with Gasteiger partial charge in [-0.3, -0.25) is 13.9 Å². The molecule has 0 aliphatic carbocycles. The lowest BCUT2D eigenvalue weighted by molar-refractivity contribution is -0.114. The summed E-state index contributed by atoms with van der Waals surface area (Å²) >= 11 is 0. The van der Waals surface area contributed by atoms with Gasteiger partial charge in [0.05, 0.1) is 10.6 Å². The molecule has 0 saturated carbocycles. The molecule has 0 unspecified atom stereocenters. The van der Waals surface area contributed by atoms with Crippen molar-refractivity contribution in [2.45, 2.75) is 17.7 Å². The van der Waals surface area contributed by atoms with Crippen molar-refractivity contribution < 1.29 is 18.0 Å². The Morgan fingerprint density at radius 2 is 1.58 bits per heavy atom. The molecule has 3 aromatic rings. The number of nitrogens with zero attached hydrogens (tertiary/aromatic N) is 2. The number of anilines is 2. The Morgan fingerprint density at radius 1 is 0.903 bits per heavy atom. The molecule has 0 radical (unpaired) electrons. The van der Waals surface area contributed by atoms with Crippen molar-refractivity contribution in [3.63, 3.8) is 0 Å². The summed E-state index contributed by atoms with van der Waals surface area (Å²) in [5.41, 5.74) is 1.59. The van der Waals surface area contributed by atoms with E-state index in [1.54, 1.807) is 48.5 Å². The molecule has 2 heterocycles. The molecular weight excluding hydrogens is 414 g/mol. The molecule has 2 aliphatic rings. The molecular formula is C23H21N3O4S. The van der Waals surface area contributed by atoms with Crippen molar-refractivity contribution in [2.24, 2.45) is 0 Å². The third-order valence-electron chi connectivity index (χ3n) is 5.78. The van der Waals surface area contributed by atoms with E-state index >= 15 is 0 Å². The maximum atomic E-state index is 13.0. The Morgan fingerprint density at radius 3 is 2.29 bits per heavy atom. The number of sulfonamides is 1. The second-order valence-electron chi connectivity index (χ2n) is 7.77. The number of amides is 2. The van der Waals surface area contributed by atoms with E-state index in [9.17, 15) is 18.0 Å². The van der Waals surface area contributed by atoms with Crippen LogP contribution in [-0.2, 0) is 14.8 Å². The molecule has 5 rings (SSSR count). The fourth-order valence-electron chi connectivity index (χ4n) is 4.26. The molecule has 1 saturated heterocycles. The minimum atomic E-state index is -3.79. The number of benzene rings is 3. The summed E-state index contributed by atoms with van der Waals surface area (Å²) in [6.07, 6.45) is 2.05. The van der Waals surface area contributed by atoms with Gasteiger partial charge in [0.1, 0.15) is 6.54 Å². The molecule has 1 fully saturated rings. The molecule has 158 valence electrons. The smallest absolute Gasteiger partial charge is 0.265 e. The molecule has 2 aliphatic heterocycles. The summed E-state index contributed by atoms with van der Waals surface area (Å²) in [4.78, 5) is 27.2. The summed E-state index contributed by atoms with van der Waals surface area (Å²) in [6.45, 7) is 1.22. The van der Waals surface area contributed by atoms with E-state index in [0.717, 1.165) is 35.6 Å². The van der Waals surface area contributed by atoms with E-state index in [-0.39, 0.29) is 17.3 Å². The first-order valence-electron chi connectivity index (χ1n) is 10.2. The summed E-state index contributed by atoms with van der Waals surface area (Å²) in [5.74, 6) is -0.462. The number of carbonyl (C=O) groups excluding carboxylic acids is 2. The van der Waals surface area contributed by atoms with Gasteiger partial charge < -0.3 is 10.2 Å². The van der Waals surface area contributed by atoms with E-state index in [1.807, 2.05) is 17.0 Å². The fourth-order valence-corrected chi connectivity index (χ4v) is 5.93. The highest BCUT2D eigenvalue weighted by Gasteiger charge is 2.36. The average molecular weight is 436 g/mol. The first kappa shape index (κ1) is 19.6. The number of nitrogens with one attached hydrogen (secondary N) is 1. The number of hydrogen-bond acceptors (Lipinski definition) is 4. The van der Waals surface area contributed by atoms with E-state index in [0.29, 0.717) is 22.3 Å². The minimum Gasteiger partial charge on any atom is -0.339 e. The minimum absolute atomic E-state index is 0.00982. The molecule has 2 amide bonds. The number of likely N-dealkylation sites (tertiary alicyclic amines) is 1. The third-order valence-corrected chi connectivity index (χ3v) is 7.58. The lowest BCUT2D eigenvalue weighted by Crippen LogP contribution is -2.35. The van der Waals surface area contributed by atoms with Crippen LogP contribution in [0.15, 0.2) is 65.6 Å². The van der Waals surface area contributed by atoms with Gasteiger partial charge in [0.2, 0.25) is 5.91 Å². The van der Waals surface area contributed by atoms with Gasteiger partial charge in [-0.25, -0.2) is 8.42 Å². The van der Waals surface area contributed by atoms with Gasteiger partial charge in [-0.05, 0) is 54.6 Å². The Balaban J connectivity index is 1.32. The zero-order valence-electron chi connectivity index (χ0n) is 16.7. The standard InChI is InChI=1S/C23H21N3O4S/c27-21(24-18-11-9-17(10-12-18)23(28)25-13-1-2-14-25)15-26-19-7-3-5-16-6-4-8-20(22(16)19)31(26,29)30/h3-12H,1-2,13-15H2,(H,24,27). The molecule has 7 nitrogen and oxygen atoms in total. The largest absolute Gasteiger partial charge is 0.339 e. The predicted octanol–water partition coefficient (Wildman–Crippen LogP) is 3.22. The highest BCUT2D eigenvalue weighted by molar-refractivity contribution is 7.93. The maximum Gasteiger partial charge on any atom is 0.265 e. The molecule has 0 bridgehead atoms.